The average molecular weight is 352 g/mol. The molecule has 0 aliphatic rings. The molecule has 0 saturated carbocycles. The number of hydrogen-bond donors (Lipinski definition) is 2. The summed E-state index contributed by atoms with van der Waals surface area (Å²) in [5, 5.41) is 2.70. The molecule has 4 nitrogen and oxygen atoms in total. The number of nitrogens with one attached hydrogen (secondary N) is 1. The topological polar surface area (TPSA) is 64.4 Å². The second-order valence-electron chi connectivity index (χ2n) is 5.55. The number of halogens is 3. The van der Waals surface area contributed by atoms with Crippen molar-refractivity contribution in [1.82, 2.24) is 5.32 Å². The first kappa shape index (κ1) is 18.8. The lowest BCUT2D eigenvalue weighted by Gasteiger charge is -2.13. The van der Waals surface area contributed by atoms with E-state index in [1.807, 2.05) is 30.3 Å². The molecule has 134 valence electrons. The van der Waals surface area contributed by atoms with Crippen molar-refractivity contribution in [3.63, 3.8) is 0 Å². The van der Waals surface area contributed by atoms with Crippen LogP contribution in [0.5, 0.6) is 5.75 Å². The van der Waals surface area contributed by atoms with E-state index < -0.39 is 18.8 Å². The highest BCUT2D eigenvalue weighted by molar-refractivity contribution is 5.76. The van der Waals surface area contributed by atoms with Gasteiger partial charge >= 0.3 is 6.18 Å². The quantitative estimate of drug-likeness (QED) is 0.803. The van der Waals surface area contributed by atoms with Gasteiger partial charge < -0.3 is 15.8 Å². The Balaban J connectivity index is 1.83. The number of carbonyl (C=O) groups excluding carboxylic acids is 1. The standard InChI is InChI=1S/C18H19F3N2O2/c19-18(20,21)12-25-15-8-4-5-13(9-15)11-23-17(24)10-16(22)14-6-2-1-3-7-14/h1-9,16H,10-12,22H2,(H,23,24). The fraction of sp³-hybridized carbons (Fsp3) is 0.278. The summed E-state index contributed by atoms with van der Waals surface area (Å²) < 4.78 is 41.2. The van der Waals surface area contributed by atoms with E-state index in [0.717, 1.165) is 5.56 Å². The monoisotopic (exact) mass is 352 g/mol. The summed E-state index contributed by atoms with van der Waals surface area (Å²) in [4.78, 5) is 12.0. The van der Waals surface area contributed by atoms with Crippen LogP contribution in [0.4, 0.5) is 13.2 Å². The van der Waals surface area contributed by atoms with Gasteiger partial charge in [0, 0.05) is 19.0 Å². The van der Waals surface area contributed by atoms with Crippen LogP contribution >= 0.6 is 0 Å². The number of alkyl halides is 3. The van der Waals surface area contributed by atoms with Crippen molar-refractivity contribution in [2.75, 3.05) is 6.61 Å². The molecule has 2 aromatic carbocycles. The largest absolute Gasteiger partial charge is 0.484 e. The van der Waals surface area contributed by atoms with Crippen molar-refractivity contribution in [3.05, 3.63) is 65.7 Å². The molecule has 0 aromatic heterocycles. The number of ether oxygens (including phenoxy) is 1. The predicted octanol–water partition coefficient (Wildman–Crippen LogP) is 3.33. The number of carbonyl (C=O) groups is 1. The Hall–Kier alpha value is -2.54. The van der Waals surface area contributed by atoms with Crippen molar-refractivity contribution in [2.45, 2.75) is 25.2 Å². The molecule has 0 spiro atoms. The van der Waals surface area contributed by atoms with E-state index in [2.05, 4.69) is 10.1 Å². The maximum atomic E-state index is 12.2. The first-order valence-corrected chi connectivity index (χ1v) is 7.69. The maximum absolute atomic E-state index is 12.2. The summed E-state index contributed by atoms with van der Waals surface area (Å²) in [5.74, 6) is -0.136. The third-order valence-corrected chi connectivity index (χ3v) is 3.42. The molecule has 0 saturated heterocycles. The summed E-state index contributed by atoms with van der Waals surface area (Å²) in [6.07, 6.45) is -4.27. The summed E-state index contributed by atoms with van der Waals surface area (Å²) in [7, 11) is 0. The molecule has 25 heavy (non-hydrogen) atoms. The van der Waals surface area contributed by atoms with Crippen LogP contribution in [0.3, 0.4) is 0 Å². The Labute approximate surface area is 143 Å². The lowest BCUT2D eigenvalue weighted by atomic mass is 10.0. The van der Waals surface area contributed by atoms with E-state index in [4.69, 9.17) is 5.73 Å². The third kappa shape index (κ3) is 6.84. The van der Waals surface area contributed by atoms with Gasteiger partial charge in [-0.25, -0.2) is 0 Å². The molecule has 0 aliphatic carbocycles. The number of rotatable bonds is 7. The van der Waals surface area contributed by atoms with E-state index in [1.165, 1.54) is 12.1 Å². The zero-order valence-corrected chi connectivity index (χ0v) is 13.4. The van der Waals surface area contributed by atoms with Crippen molar-refractivity contribution in [2.24, 2.45) is 5.73 Å². The van der Waals surface area contributed by atoms with E-state index in [9.17, 15) is 18.0 Å². The highest BCUT2D eigenvalue weighted by Gasteiger charge is 2.28. The highest BCUT2D eigenvalue weighted by Crippen LogP contribution is 2.19. The van der Waals surface area contributed by atoms with Gasteiger partial charge in [-0.2, -0.15) is 13.2 Å². The molecular weight excluding hydrogens is 333 g/mol. The van der Waals surface area contributed by atoms with Gasteiger partial charge in [0.05, 0.1) is 0 Å². The zero-order chi connectivity index (χ0) is 18.3. The van der Waals surface area contributed by atoms with E-state index in [-0.39, 0.29) is 24.6 Å². The van der Waals surface area contributed by atoms with Crippen LogP contribution in [0.1, 0.15) is 23.6 Å². The van der Waals surface area contributed by atoms with Crippen LogP contribution in [-0.4, -0.2) is 18.7 Å². The molecule has 0 heterocycles. The van der Waals surface area contributed by atoms with E-state index in [0.29, 0.717) is 5.56 Å². The fourth-order valence-electron chi connectivity index (χ4n) is 2.20. The number of nitrogens with two attached hydrogens (primary N) is 1. The van der Waals surface area contributed by atoms with Crippen LogP contribution in [0.25, 0.3) is 0 Å². The molecule has 7 heteroatoms. The lowest BCUT2D eigenvalue weighted by molar-refractivity contribution is -0.153. The SMILES string of the molecule is NC(CC(=O)NCc1cccc(OCC(F)(F)F)c1)c1ccccc1. The van der Waals surface area contributed by atoms with Gasteiger partial charge in [0.15, 0.2) is 6.61 Å². The molecule has 1 unspecified atom stereocenters. The lowest BCUT2D eigenvalue weighted by Crippen LogP contribution is -2.27. The Morgan fingerprint density at radius 1 is 1.12 bits per heavy atom. The van der Waals surface area contributed by atoms with Gasteiger partial charge in [0.1, 0.15) is 5.75 Å². The number of amides is 1. The molecule has 1 amide bonds. The number of hydrogen-bond acceptors (Lipinski definition) is 3. The van der Waals surface area contributed by atoms with Gasteiger partial charge in [-0.15, -0.1) is 0 Å². The predicted molar refractivity (Wildman–Crippen MR) is 87.8 cm³/mol. The van der Waals surface area contributed by atoms with Crippen LogP contribution in [-0.2, 0) is 11.3 Å². The minimum Gasteiger partial charge on any atom is -0.484 e. The number of benzene rings is 2. The fourth-order valence-corrected chi connectivity index (χ4v) is 2.20. The van der Waals surface area contributed by atoms with Crippen LogP contribution in [0.15, 0.2) is 54.6 Å². The Kier molecular flexibility index (Phi) is 6.41. The normalized spacial score (nSPS) is 12.5. The third-order valence-electron chi connectivity index (χ3n) is 3.42. The van der Waals surface area contributed by atoms with E-state index >= 15 is 0 Å². The summed E-state index contributed by atoms with van der Waals surface area (Å²) >= 11 is 0. The second kappa shape index (κ2) is 8.53. The van der Waals surface area contributed by atoms with Gasteiger partial charge in [-0.1, -0.05) is 42.5 Å². The van der Waals surface area contributed by atoms with Crippen LogP contribution in [0.2, 0.25) is 0 Å². The molecule has 0 bridgehead atoms. The molecule has 0 radical (unpaired) electrons. The van der Waals surface area contributed by atoms with Gasteiger partial charge in [0.2, 0.25) is 5.91 Å². The van der Waals surface area contributed by atoms with Crippen molar-refractivity contribution < 1.29 is 22.7 Å². The minimum absolute atomic E-state index is 0.102. The van der Waals surface area contributed by atoms with Gasteiger partial charge in [-0.05, 0) is 23.3 Å². The molecule has 0 fully saturated rings. The summed E-state index contributed by atoms with van der Waals surface area (Å²) in [5.41, 5.74) is 7.48. The first-order chi connectivity index (χ1) is 11.8. The van der Waals surface area contributed by atoms with Crippen molar-refractivity contribution in [1.29, 1.82) is 0 Å². The van der Waals surface area contributed by atoms with Crippen LogP contribution in [0, 0.1) is 0 Å². The first-order valence-electron chi connectivity index (χ1n) is 7.69. The maximum Gasteiger partial charge on any atom is 0.422 e. The van der Waals surface area contributed by atoms with Crippen molar-refractivity contribution >= 4 is 5.91 Å². The Bertz CT molecular complexity index is 690. The highest BCUT2D eigenvalue weighted by atomic mass is 19.4. The molecule has 3 N–H and O–H groups in total. The van der Waals surface area contributed by atoms with Crippen LogP contribution < -0.4 is 15.8 Å². The molecule has 1 atom stereocenters. The molecular formula is C18H19F3N2O2. The second-order valence-corrected chi connectivity index (χ2v) is 5.55. The Morgan fingerprint density at radius 2 is 1.84 bits per heavy atom. The minimum atomic E-state index is -4.39. The Morgan fingerprint density at radius 3 is 2.52 bits per heavy atom. The van der Waals surface area contributed by atoms with Gasteiger partial charge in [-0.3, -0.25) is 4.79 Å². The molecule has 2 rings (SSSR count). The molecule has 2 aromatic rings. The van der Waals surface area contributed by atoms with Crippen molar-refractivity contribution in [3.8, 4) is 5.75 Å². The smallest absolute Gasteiger partial charge is 0.422 e. The average Bonchev–Trinajstić information content (AvgIpc) is 2.59. The van der Waals surface area contributed by atoms with Gasteiger partial charge in [0.25, 0.3) is 0 Å². The zero-order valence-electron chi connectivity index (χ0n) is 13.4. The molecule has 0 aliphatic heterocycles. The summed E-state index contributed by atoms with van der Waals surface area (Å²) in [6.45, 7) is -1.17. The summed E-state index contributed by atoms with van der Waals surface area (Å²) in [6, 6.07) is 15.0. The van der Waals surface area contributed by atoms with E-state index in [1.54, 1.807) is 12.1 Å².